The first-order valence-corrected chi connectivity index (χ1v) is 8.23. The number of benzene rings is 3. The summed E-state index contributed by atoms with van der Waals surface area (Å²) in [7, 11) is 0. The van der Waals surface area contributed by atoms with Gasteiger partial charge >= 0.3 is 0 Å². The molecule has 1 atom stereocenters. The first kappa shape index (κ1) is 15.6. The van der Waals surface area contributed by atoms with Crippen molar-refractivity contribution in [3.8, 4) is 0 Å². The molecule has 2 N–H and O–H groups in total. The fourth-order valence-corrected chi connectivity index (χ4v) is 2.70. The van der Waals surface area contributed by atoms with Crippen LogP contribution in [0.4, 0.5) is 11.4 Å². The second-order valence-corrected chi connectivity index (χ2v) is 6.30. The van der Waals surface area contributed by atoms with Crippen LogP contribution in [0.5, 0.6) is 0 Å². The van der Waals surface area contributed by atoms with E-state index >= 15 is 0 Å². The van der Waals surface area contributed by atoms with Crippen molar-refractivity contribution >= 4 is 44.0 Å². The van der Waals surface area contributed by atoms with Crippen molar-refractivity contribution in [2.45, 2.75) is 13.0 Å². The number of nitrogens with one attached hydrogen (secondary N) is 2. The molecule has 23 heavy (non-hydrogen) atoms. The van der Waals surface area contributed by atoms with Crippen molar-refractivity contribution in [3.63, 3.8) is 0 Å². The Labute approximate surface area is 143 Å². The standard InChI is InChI=1S/C19H17BrN2O/c1-13(19(23)22-16-11-9-15(20)10-12-16)21-18-8-4-6-14-5-2-3-7-17(14)18/h2-13,21H,1H3,(H,22,23)/t13-/m0/s1. The lowest BCUT2D eigenvalue weighted by Crippen LogP contribution is -2.31. The summed E-state index contributed by atoms with van der Waals surface area (Å²) in [6, 6.07) is 21.4. The van der Waals surface area contributed by atoms with Crippen LogP contribution in [0, 0.1) is 0 Å². The third-order valence-corrected chi connectivity index (χ3v) is 4.20. The highest BCUT2D eigenvalue weighted by Crippen LogP contribution is 2.23. The number of rotatable bonds is 4. The zero-order valence-electron chi connectivity index (χ0n) is 12.7. The van der Waals surface area contributed by atoms with Crippen LogP contribution in [0.25, 0.3) is 10.8 Å². The van der Waals surface area contributed by atoms with Crippen molar-refractivity contribution < 1.29 is 4.79 Å². The Morgan fingerprint density at radius 2 is 1.65 bits per heavy atom. The van der Waals surface area contributed by atoms with Gasteiger partial charge in [0.25, 0.3) is 0 Å². The number of halogens is 1. The van der Waals surface area contributed by atoms with Gasteiger partial charge in [-0.25, -0.2) is 0 Å². The van der Waals surface area contributed by atoms with E-state index in [9.17, 15) is 4.79 Å². The minimum absolute atomic E-state index is 0.0692. The first-order chi connectivity index (χ1) is 11.1. The van der Waals surface area contributed by atoms with Gasteiger partial charge in [-0.05, 0) is 42.6 Å². The molecule has 0 spiro atoms. The summed E-state index contributed by atoms with van der Waals surface area (Å²) in [6.45, 7) is 1.86. The molecule has 3 aromatic carbocycles. The largest absolute Gasteiger partial charge is 0.373 e. The highest BCUT2D eigenvalue weighted by Gasteiger charge is 2.13. The number of carbonyl (C=O) groups is 1. The van der Waals surface area contributed by atoms with Crippen LogP contribution in [0.15, 0.2) is 71.2 Å². The molecule has 0 bridgehead atoms. The monoisotopic (exact) mass is 368 g/mol. The van der Waals surface area contributed by atoms with Crippen LogP contribution in [0.3, 0.4) is 0 Å². The Morgan fingerprint density at radius 1 is 0.957 bits per heavy atom. The predicted molar refractivity (Wildman–Crippen MR) is 99.8 cm³/mol. The van der Waals surface area contributed by atoms with E-state index in [1.165, 1.54) is 0 Å². The van der Waals surface area contributed by atoms with E-state index in [-0.39, 0.29) is 11.9 Å². The molecule has 0 radical (unpaired) electrons. The van der Waals surface area contributed by atoms with E-state index < -0.39 is 0 Å². The lowest BCUT2D eigenvalue weighted by molar-refractivity contribution is -0.116. The topological polar surface area (TPSA) is 41.1 Å². The van der Waals surface area contributed by atoms with E-state index in [4.69, 9.17) is 0 Å². The first-order valence-electron chi connectivity index (χ1n) is 7.44. The molecule has 1 amide bonds. The van der Waals surface area contributed by atoms with Crippen molar-refractivity contribution in [1.29, 1.82) is 0 Å². The Balaban J connectivity index is 1.73. The number of hydrogen-bond donors (Lipinski definition) is 2. The lowest BCUT2D eigenvalue weighted by atomic mass is 10.1. The molecule has 0 aliphatic rings. The summed E-state index contributed by atoms with van der Waals surface area (Å²) in [5, 5.41) is 8.47. The molecule has 3 rings (SSSR count). The Kier molecular flexibility index (Phi) is 4.63. The SMILES string of the molecule is C[C@H](Nc1cccc2ccccc12)C(=O)Nc1ccc(Br)cc1. The van der Waals surface area contributed by atoms with Gasteiger partial charge in [0.1, 0.15) is 6.04 Å². The Hall–Kier alpha value is -2.33. The highest BCUT2D eigenvalue weighted by atomic mass is 79.9. The van der Waals surface area contributed by atoms with Gasteiger partial charge in [-0.15, -0.1) is 0 Å². The van der Waals surface area contributed by atoms with Gasteiger partial charge in [0.2, 0.25) is 5.91 Å². The van der Waals surface area contributed by atoms with Crippen LogP contribution in [0.1, 0.15) is 6.92 Å². The van der Waals surface area contributed by atoms with E-state index in [1.54, 1.807) is 0 Å². The second-order valence-electron chi connectivity index (χ2n) is 5.39. The van der Waals surface area contributed by atoms with Crippen molar-refractivity contribution in [1.82, 2.24) is 0 Å². The molecule has 0 fully saturated rings. The van der Waals surface area contributed by atoms with Gasteiger partial charge in [0.05, 0.1) is 0 Å². The molecule has 0 aliphatic carbocycles. The van der Waals surface area contributed by atoms with E-state index in [0.717, 1.165) is 26.6 Å². The Morgan fingerprint density at radius 3 is 2.43 bits per heavy atom. The zero-order chi connectivity index (χ0) is 16.2. The lowest BCUT2D eigenvalue weighted by Gasteiger charge is -2.17. The maximum Gasteiger partial charge on any atom is 0.246 e. The summed E-state index contributed by atoms with van der Waals surface area (Å²) < 4.78 is 0.984. The second kappa shape index (κ2) is 6.84. The molecular formula is C19H17BrN2O. The van der Waals surface area contributed by atoms with E-state index in [2.05, 4.69) is 44.8 Å². The van der Waals surface area contributed by atoms with E-state index in [1.807, 2.05) is 55.5 Å². The smallest absolute Gasteiger partial charge is 0.246 e. The van der Waals surface area contributed by atoms with Crippen LogP contribution >= 0.6 is 15.9 Å². The quantitative estimate of drug-likeness (QED) is 0.676. The van der Waals surface area contributed by atoms with Gasteiger partial charge in [-0.2, -0.15) is 0 Å². The number of carbonyl (C=O) groups excluding carboxylic acids is 1. The molecule has 116 valence electrons. The predicted octanol–water partition coefficient (Wildman–Crippen LogP) is 5.04. The summed E-state index contributed by atoms with van der Waals surface area (Å²) in [4.78, 5) is 12.4. The third-order valence-electron chi connectivity index (χ3n) is 3.67. The summed E-state index contributed by atoms with van der Waals surface area (Å²) in [5.41, 5.74) is 1.74. The fraction of sp³-hybridized carbons (Fsp3) is 0.105. The molecule has 3 nitrogen and oxygen atoms in total. The molecule has 0 saturated carbocycles. The molecule has 0 aliphatic heterocycles. The minimum Gasteiger partial charge on any atom is -0.373 e. The highest BCUT2D eigenvalue weighted by molar-refractivity contribution is 9.10. The molecule has 3 aromatic rings. The van der Waals surface area contributed by atoms with Crippen LogP contribution in [-0.2, 0) is 4.79 Å². The summed E-state index contributed by atoms with van der Waals surface area (Å²) in [6.07, 6.45) is 0. The zero-order valence-corrected chi connectivity index (χ0v) is 14.3. The van der Waals surface area contributed by atoms with Crippen molar-refractivity contribution in [2.75, 3.05) is 10.6 Å². The maximum atomic E-state index is 12.4. The summed E-state index contributed by atoms with van der Waals surface area (Å²) >= 11 is 3.38. The maximum absolute atomic E-state index is 12.4. The van der Waals surface area contributed by atoms with Crippen LogP contribution in [-0.4, -0.2) is 11.9 Å². The van der Waals surface area contributed by atoms with Crippen LogP contribution < -0.4 is 10.6 Å². The minimum atomic E-state index is -0.343. The molecule has 0 saturated heterocycles. The molecule has 0 aromatic heterocycles. The summed E-state index contributed by atoms with van der Waals surface area (Å²) in [5.74, 6) is -0.0692. The number of anilines is 2. The average molecular weight is 369 g/mol. The van der Waals surface area contributed by atoms with Gasteiger partial charge in [-0.1, -0.05) is 52.3 Å². The third kappa shape index (κ3) is 3.71. The van der Waals surface area contributed by atoms with Crippen molar-refractivity contribution in [3.05, 3.63) is 71.2 Å². The fourth-order valence-electron chi connectivity index (χ4n) is 2.43. The normalized spacial score (nSPS) is 11.9. The molecule has 0 unspecified atom stereocenters. The Bertz CT molecular complexity index is 825. The molecular weight excluding hydrogens is 352 g/mol. The van der Waals surface area contributed by atoms with Gasteiger partial charge in [0, 0.05) is 21.2 Å². The van der Waals surface area contributed by atoms with E-state index in [0.29, 0.717) is 0 Å². The van der Waals surface area contributed by atoms with Crippen molar-refractivity contribution in [2.24, 2.45) is 0 Å². The average Bonchev–Trinajstić information content (AvgIpc) is 2.57. The van der Waals surface area contributed by atoms with Gasteiger partial charge in [0.15, 0.2) is 0 Å². The number of amides is 1. The number of fused-ring (bicyclic) bond motifs is 1. The van der Waals surface area contributed by atoms with Gasteiger partial charge in [-0.3, -0.25) is 4.79 Å². The molecule has 4 heteroatoms. The molecule has 0 heterocycles. The number of hydrogen-bond acceptors (Lipinski definition) is 2. The van der Waals surface area contributed by atoms with Gasteiger partial charge < -0.3 is 10.6 Å². The van der Waals surface area contributed by atoms with Crippen LogP contribution in [0.2, 0.25) is 0 Å².